The Morgan fingerprint density at radius 3 is 2.60 bits per heavy atom. The number of aliphatic hydroxyl groups excluding tert-OH is 1. The van der Waals surface area contributed by atoms with Crippen LogP contribution in [0, 0.1) is 5.82 Å². The van der Waals surface area contributed by atoms with Crippen molar-refractivity contribution in [2.24, 2.45) is 0 Å². The molecule has 0 spiro atoms. The van der Waals surface area contributed by atoms with E-state index < -0.39 is 6.10 Å². The summed E-state index contributed by atoms with van der Waals surface area (Å²) in [5.41, 5.74) is 1.04. The van der Waals surface area contributed by atoms with Gasteiger partial charge in [-0.25, -0.2) is 4.39 Å². The Morgan fingerprint density at radius 1 is 1.33 bits per heavy atom. The first-order valence-corrected chi connectivity index (χ1v) is 4.52. The van der Waals surface area contributed by atoms with E-state index in [0.717, 1.165) is 0 Å². The summed E-state index contributed by atoms with van der Waals surface area (Å²) in [7, 11) is 0. The van der Waals surface area contributed by atoms with Gasteiger partial charge in [0.15, 0.2) is 0 Å². The van der Waals surface area contributed by atoms with Crippen molar-refractivity contribution >= 4 is 0 Å². The van der Waals surface area contributed by atoms with Crippen molar-refractivity contribution in [1.29, 1.82) is 0 Å². The van der Waals surface area contributed by atoms with Gasteiger partial charge in [0.2, 0.25) is 0 Å². The van der Waals surface area contributed by atoms with Crippen LogP contribution in [0.4, 0.5) is 4.39 Å². The summed E-state index contributed by atoms with van der Waals surface area (Å²) in [5, 5.41) is 17.4. The fourth-order valence-corrected chi connectivity index (χ4v) is 1.38. The van der Waals surface area contributed by atoms with E-state index in [-0.39, 0.29) is 5.82 Å². The first-order chi connectivity index (χ1) is 7.18. The molecule has 0 saturated carbocycles. The van der Waals surface area contributed by atoms with E-state index in [9.17, 15) is 9.50 Å². The Labute approximate surface area is 86.0 Å². The quantitative estimate of drug-likeness (QED) is 0.811. The van der Waals surface area contributed by atoms with Crippen LogP contribution in [0.1, 0.15) is 18.6 Å². The molecule has 2 aromatic rings. The topological polar surface area (TPSA) is 50.9 Å². The van der Waals surface area contributed by atoms with Crippen LogP contribution in [0.25, 0.3) is 5.69 Å². The summed E-state index contributed by atoms with van der Waals surface area (Å²) in [6.07, 6.45) is 2.28. The van der Waals surface area contributed by atoms with Crippen LogP contribution in [0.3, 0.4) is 0 Å². The van der Waals surface area contributed by atoms with Gasteiger partial charge >= 0.3 is 0 Å². The Morgan fingerprint density at radius 2 is 2.00 bits per heavy atom. The molecule has 5 heteroatoms. The van der Waals surface area contributed by atoms with Crippen molar-refractivity contribution in [1.82, 2.24) is 15.0 Å². The highest BCUT2D eigenvalue weighted by atomic mass is 19.1. The number of benzene rings is 1. The van der Waals surface area contributed by atoms with Gasteiger partial charge in [-0.3, -0.25) is 0 Å². The minimum absolute atomic E-state index is 0.387. The third kappa shape index (κ3) is 1.87. The van der Waals surface area contributed by atoms with Crippen LogP contribution >= 0.6 is 0 Å². The molecule has 1 unspecified atom stereocenters. The molecule has 1 aromatic heterocycles. The van der Waals surface area contributed by atoms with Crippen LogP contribution in [0.15, 0.2) is 30.6 Å². The highest BCUT2D eigenvalue weighted by Crippen LogP contribution is 2.21. The van der Waals surface area contributed by atoms with Crippen LogP contribution in [0.5, 0.6) is 0 Å². The maximum Gasteiger partial charge on any atom is 0.123 e. The maximum absolute atomic E-state index is 13.0. The smallest absolute Gasteiger partial charge is 0.123 e. The number of aromatic nitrogens is 3. The van der Waals surface area contributed by atoms with Gasteiger partial charge in [-0.05, 0) is 25.1 Å². The molecule has 4 nitrogen and oxygen atoms in total. The Balaban J connectivity index is 2.56. The number of halogens is 1. The van der Waals surface area contributed by atoms with Crippen molar-refractivity contribution < 1.29 is 9.50 Å². The van der Waals surface area contributed by atoms with Crippen molar-refractivity contribution in [2.75, 3.05) is 0 Å². The Hall–Kier alpha value is -1.75. The van der Waals surface area contributed by atoms with Crippen molar-refractivity contribution in [3.8, 4) is 5.69 Å². The summed E-state index contributed by atoms with van der Waals surface area (Å²) < 4.78 is 13.0. The van der Waals surface area contributed by atoms with Crippen molar-refractivity contribution in [3.63, 3.8) is 0 Å². The number of nitrogens with zero attached hydrogens (tertiary/aromatic N) is 3. The maximum atomic E-state index is 13.0. The summed E-state index contributed by atoms with van der Waals surface area (Å²) in [4.78, 5) is 1.35. The summed E-state index contributed by atoms with van der Waals surface area (Å²) in [6.45, 7) is 1.57. The zero-order valence-corrected chi connectivity index (χ0v) is 8.13. The third-order valence-corrected chi connectivity index (χ3v) is 2.07. The predicted octanol–water partition coefficient (Wildman–Crippen LogP) is 1.46. The molecule has 1 aromatic carbocycles. The molecule has 1 atom stereocenters. The second-order valence-electron chi connectivity index (χ2n) is 3.20. The van der Waals surface area contributed by atoms with Crippen LogP contribution in [-0.2, 0) is 0 Å². The number of aliphatic hydroxyl groups is 1. The van der Waals surface area contributed by atoms with Gasteiger partial charge in [0, 0.05) is 5.56 Å². The fourth-order valence-electron chi connectivity index (χ4n) is 1.38. The van der Waals surface area contributed by atoms with E-state index in [0.29, 0.717) is 11.3 Å². The van der Waals surface area contributed by atoms with Gasteiger partial charge in [0.05, 0.1) is 24.2 Å². The van der Waals surface area contributed by atoms with Gasteiger partial charge < -0.3 is 5.11 Å². The molecule has 15 heavy (non-hydrogen) atoms. The molecule has 2 rings (SSSR count). The monoisotopic (exact) mass is 207 g/mol. The van der Waals surface area contributed by atoms with Crippen LogP contribution < -0.4 is 0 Å². The van der Waals surface area contributed by atoms with E-state index in [1.54, 1.807) is 6.92 Å². The Bertz CT molecular complexity index is 454. The molecular weight excluding hydrogens is 197 g/mol. The van der Waals surface area contributed by atoms with Crippen LogP contribution in [-0.4, -0.2) is 20.1 Å². The highest BCUT2D eigenvalue weighted by molar-refractivity contribution is 5.40. The minimum Gasteiger partial charge on any atom is -0.389 e. The average molecular weight is 207 g/mol. The first-order valence-electron chi connectivity index (χ1n) is 4.52. The number of hydrogen-bond acceptors (Lipinski definition) is 3. The van der Waals surface area contributed by atoms with E-state index in [4.69, 9.17) is 0 Å². The molecule has 0 amide bonds. The van der Waals surface area contributed by atoms with Gasteiger partial charge in [-0.2, -0.15) is 15.0 Å². The molecule has 1 N–H and O–H groups in total. The first kappa shape index (κ1) is 9.79. The van der Waals surface area contributed by atoms with Gasteiger partial charge in [-0.15, -0.1) is 0 Å². The Kier molecular flexibility index (Phi) is 2.47. The molecular formula is C10H10FN3O. The minimum atomic E-state index is -0.762. The molecule has 0 aliphatic rings. The molecule has 0 radical (unpaired) electrons. The number of hydrogen-bond donors (Lipinski definition) is 1. The van der Waals surface area contributed by atoms with Crippen molar-refractivity contribution in [2.45, 2.75) is 13.0 Å². The standard InChI is InChI=1S/C10H10FN3O/c1-7(15)9-6-8(11)2-3-10(9)14-12-4-5-13-14/h2-7,15H,1H3. The second-order valence-corrected chi connectivity index (χ2v) is 3.20. The largest absolute Gasteiger partial charge is 0.389 e. The fraction of sp³-hybridized carbons (Fsp3) is 0.200. The molecule has 0 bridgehead atoms. The van der Waals surface area contributed by atoms with E-state index in [1.807, 2.05) is 0 Å². The predicted molar refractivity (Wildman–Crippen MR) is 52.0 cm³/mol. The highest BCUT2D eigenvalue weighted by Gasteiger charge is 2.11. The van der Waals surface area contributed by atoms with Gasteiger partial charge in [-0.1, -0.05) is 0 Å². The lowest BCUT2D eigenvalue weighted by Gasteiger charge is -2.10. The zero-order valence-electron chi connectivity index (χ0n) is 8.13. The lowest BCUT2D eigenvalue weighted by molar-refractivity contribution is 0.198. The molecule has 0 aliphatic carbocycles. The van der Waals surface area contributed by atoms with Crippen molar-refractivity contribution in [3.05, 3.63) is 42.0 Å². The van der Waals surface area contributed by atoms with E-state index in [2.05, 4.69) is 10.2 Å². The summed E-state index contributed by atoms with van der Waals surface area (Å²) >= 11 is 0. The van der Waals surface area contributed by atoms with Gasteiger partial charge in [0.25, 0.3) is 0 Å². The lowest BCUT2D eigenvalue weighted by Crippen LogP contribution is -2.05. The molecule has 0 fully saturated rings. The summed E-state index contributed by atoms with van der Waals surface area (Å²) in [5.74, 6) is -0.387. The molecule has 0 saturated heterocycles. The SMILES string of the molecule is CC(O)c1cc(F)ccc1-n1nccn1. The van der Waals surface area contributed by atoms with E-state index in [1.165, 1.54) is 35.4 Å². The molecule has 0 aliphatic heterocycles. The van der Waals surface area contributed by atoms with E-state index >= 15 is 0 Å². The lowest BCUT2D eigenvalue weighted by atomic mass is 10.1. The average Bonchev–Trinajstić information content (AvgIpc) is 2.70. The second kappa shape index (κ2) is 3.78. The number of rotatable bonds is 2. The third-order valence-electron chi connectivity index (χ3n) is 2.07. The zero-order chi connectivity index (χ0) is 10.8. The molecule has 1 heterocycles. The normalized spacial score (nSPS) is 12.7. The summed E-state index contributed by atoms with van der Waals surface area (Å²) in [6, 6.07) is 4.13. The molecule has 78 valence electrons. The van der Waals surface area contributed by atoms with Gasteiger partial charge in [0.1, 0.15) is 5.82 Å². The van der Waals surface area contributed by atoms with Crippen LogP contribution in [0.2, 0.25) is 0 Å².